The molecular weight excluding hydrogens is 350 g/mol. The average molecular weight is 376 g/mol. The average Bonchev–Trinajstić information content (AvgIpc) is 3.20. The number of amides is 1. The molecule has 0 spiro atoms. The number of hydrogen-bond acceptors (Lipinski definition) is 6. The van der Waals surface area contributed by atoms with Gasteiger partial charge in [0, 0.05) is 38.2 Å². The Morgan fingerprint density at radius 3 is 2.83 bits per heavy atom. The summed E-state index contributed by atoms with van der Waals surface area (Å²) in [5.41, 5.74) is 0. The van der Waals surface area contributed by atoms with Gasteiger partial charge in [0.15, 0.2) is 0 Å². The van der Waals surface area contributed by atoms with Gasteiger partial charge in [-0.05, 0) is 31.9 Å². The molecule has 1 atom stereocenters. The molecule has 0 radical (unpaired) electrons. The summed E-state index contributed by atoms with van der Waals surface area (Å²) in [6.07, 6.45) is 1.26. The third kappa shape index (κ3) is 4.76. The first-order valence-electron chi connectivity index (χ1n) is 8.02. The number of nitrogens with zero attached hydrogens (tertiary/aromatic N) is 1. The second-order valence-corrected chi connectivity index (χ2v) is 9.08. The van der Waals surface area contributed by atoms with E-state index in [1.165, 1.54) is 15.6 Å². The van der Waals surface area contributed by atoms with E-state index >= 15 is 0 Å². The maximum absolute atomic E-state index is 12.7. The van der Waals surface area contributed by atoms with Crippen LogP contribution in [0, 0.1) is 6.92 Å². The van der Waals surface area contributed by atoms with Gasteiger partial charge >= 0.3 is 0 Å². The number of thiophene rings is 1. The van der Waals surface area contributed by atoms with Gasteiger partial charge in [-0.1, -0.05) is 0 Å². The van der Waals surface area contributed by atoms with Crippen LogP contribution in [0.15, 0.2) is 16.3 Å². The fourth-order valence-corrected chi connectivity index (χ4v) is 5.72. The lowest BCUT2D eigenvalue weighted by molar-refractivity contribution is -0.124. The zero-order valence-electron chi connectivity index (χ0n) is 14.1. The summed E-state index contributed by atoms with van der Waals surface area (Å²) in [5, 5.41) is 5.95. The SMILES string of the molecule is COCCNCCNC(=O)C1CCCN1S(=O)(=O)c1ccc(C)s1. The van der Waals surface area contributed by atoms with Crippen molar-refractivity contribution in [3.63, 3.8) is 0 Å². The molecule has 0 bridgehead atoms. The Morgan fingerprint density at radius 1 is 1.38 bits per heavy atom. The number of carbonyl (C=O) groups is 1. The Balaban J connectivity index is 1.91. The van der Waals surface area contributed by atoms with Crippen molar-refractivity contribution in [1.82, 2.24) is 14.9 Å². The van der Waals surface area contributed by atoms with Crippen molar-refractivity contribution in [2.24, 2.45) is 0 Å². The number of nitrogens with one attached hydrogen (secondary N) is 2. The summed E-state index contributed by atoms with van der Waals surface area (Å²) in [7, 11) is -1.96. The van der Waals surface area contributed by atoms with E-state index < -0.39 is 16.1 Å². The van der Waals surface area contributed by atoms with E-state index in [1.807, 2.05) is 6.92 Å². The molecule has 7 nitrogen and oxygen atoms in total. The summed E-state index contributed by atoms with van der Waals surface area (Å²) in [6, 6.07) is 2.79. The van der Waals surface area contributed by atoms with Crippen LogP contribution in [0.5, 0.6) is 0 Å². The molecule has 24 heavy (non-hydrogen) atoms. The van der Waals surface area contributed by atoms with E-state index in [2.05, 4.69) is 10.6 Å². The number of hydrogen-bond donors (Lipinski definition) is 2. The first-order chi connectivity index (χ1) is 11.5. The van der Waals surface area contributed by atoms with Crippen LogP contribution in [0.3, 0.4) is 0 Å². The topological polar surface area (TPSA) is 87.7 Å². The van der Waals surface area contributed by atoms with Crippen molar-refractivity contribution in [1.29, 1.82) is 0 Å². The lowest BCUT2D eigenvalue weighted by Crippen LogP contribution is -2.47. The van der Waals surface area contributed by atoms with E-state index in [4.69, 9.17) is 4.74 Å². The highest BCUT2D eigenvalue weighted by molar-refractivity contribution is 7.91. The van der Waals surface area contributed by atoms with E-state index in [0.29, 0.717) is 49.8 Å². The van der Waals surface area contributed by atoms with E-state index in [1.54, 1.807) is 19.2 Å². The van der Waals surface area contributed by atoms with Crippen LogP contribution in [0.2, 0.25) is 0 Å². The van der Waals surface area contributed by atoms with Gasteiger partial charge in [-0.25, -0.2) is 8.42 Å². The number of ether oxygens (including phenoxy) is 1. The summed E-state index contributed by atoms with van der Waals surface area (Å²) in [4.78, 5) is 13.3. The van der Waals surface area contributed by atoms with Crippen LogP contribution < -0.4 is 10.6 Å². The van der Waals surface area contributed by atoms with Crippen LogP contribution >= 0.6 is 11.3 Å². The van der Waals surface area contributed by atoms with Gasteiger partial charge in [0.25, 0.3) is 10.0 Å². The molecule has 1 saturated heterocycles. The molecule has 2 N–H and O–H groups in total. The maximum atomic E-state index is 12.7. The minimum absolute atomic E-state index is 0.224. The Morgan fingerprint density at radius 2 is 2.17 bits per heavy atom. The van der Waals surface area contributed by atoms with Gasteiger partial charge < -0.3 is 15.4 Å². The predicted molar refractivity (Wildman–Crippen MR) is 93.7 cm³/mol. The van der Waals surface area contributed by atoms with Crippen LogP contribution in [0.1, 0.15) is 17.7 Å². The fourth-order valence-electron chi connectivity index (χ4n) is 2.65. The van der Waals surface area contributed by atoms with Gasteiger partial charge in [-0.3, -0.25) is 4.79 Å². The molecule has 1 unspecified atom stereocenters. The number of aryl methyl sites for hydroxylation is 1. The Labute approximate surface area is 147 Å². The first-order valence-corrected chi connectivity index (χ1v) is 10.3. The monoisotopic (exact) mass is 375 g/mol. The molecule has 0 aromatic carbocycles. The summed E-state index contributed by atoms with van der Waals surface area (Å²) in [5.74, 6) is -0.224. The van der Waals surface area contributed by atoms with Crippen molar-refractivity contribution >= 4 is 27.3 Å². The molecule has 1 aliphatic heterocycles. The minimum Gasteiger partial charge on any atom is -0.383 e. The highest BCUT2D eigenvalue weighted by Crippen LogP contribution is 2.30. The summed E-state index contributed by atoms with van der Waals surface area (Å²) >= 11 is 1.24. The third-order valence-corrected chi connectivity index (χ3v) is 7.25. The Bertz CT molecular complexity index is 645. The zero-order chi connectivity index (χ0) is 17.6. The minimum atomic E-state index is -3.60. The Kier molecular flexibility index (Phi) is 7.17. The molecule has 0 saturated carbocycles. The zero-order valence-corrected chi connectivity index (χ0v) is 15.7. The fraction of sp³-hybridized carbons (Fsp3) is 0.667. The molecule has 0 aliphatic carbocycles. The van der Waals surface area contributed by atoms with Gasteiger partial charge in [-0.2, -0.15) is 4.31 Å². The standard InChI is InChI=1S/C15H25N3O4S2/c1-12-5-6-14(23-12)24(20,21)18-10-3-4-13(18)15(19)17-8-7-16-9-11-22-2/h5-6,13,16H,3-4,7-11H2,1-2H3,(H,17,19). The van der Waals surface area contributed by atoms with Crippen molar-refractivity contribution in [2.45, 2.75) is 30.0 Å². The molecule has 2 rings (SSSR count). The van der Waals surface area contributed by atoms with Crippen molar-refractivity contribution < 1.29 is 17.9 Å². The normalized spacial score (nSPS) is 18.8. The van der Waals surface area contributed by atoms with Gasteiger partial charge in [-0.15, -0.1) is 11.3 Å². The molecular formula is C15H25N3O4S2. The molecule has 1 aromatic rings. The molecule has 9 heteroatoms. The number of sulfonamides is 1. The van der Waals surface area contributed by atoms with E-state index in [0.717, 1.165) is 4.88 Å². The largest absolute Gasteiger partial charge is 0.383 e. The van der Waals surface area contributed by atoms with Crippen LogP contribution in [0.4, 0.5) is 0 Å². The molecule has 1 fully saturated rings. The molecule has 1 aliphatic rings. The van der Waals surface area contributed by atoms with Crippen LogP contribution in [-0.4, -0.2) is 64.6 Å². The molecule has 1 amide bonds. The van der Waals surface area contributed by atoms with E-state index in [9.17, 15) is 13.2 Å². The van der Waals surface area contributed by atoms with Gasteiger partial charge in [0.1, 0.15) is 10.3 Å². The summed E-state index contributed by atoms with van der Waals surface area (Å²) < 4.78 is 32.1. The number of carbonyl (C=O) groups excluding carboxylic acids is 1. The van der Waals surface area contributed by atoms with Gasteiger partial charge in [0.2, 0.25) is 5.91 Å². The van der Waals surface area contributed by atoms with Crippen LogP contribution in [0.25, 0.3) is 0 Å². The van der Waals surface area contributed by atoms with Crippen molar-refractivity contribution in [3.05, 3.63) is 17.0 Å². The molecule has 1 aromatic heterocycles. The maximum Gasteiger partial charge on any atom is 0.253 e. The second-order valence-electron chi connectivity index (χ2n) is 5.67. The lowest BCUT2D eigenvalue weighted by Gasteiger charge is -2.22. The highest BCUT2D eigenvalue weighted by atomic mass is 32.2. The van der Waals surface area contributed by atoms with E-state index in [-0.39, 0.29) is 5.91 Å². The first kappa shape index (κ1) is 19.3. The summed E-state index contributed by atoms with van der Waals surface area (Å²) in [6.45, 7) is 4.68. The number of rotatable bonds is 9. The molecule has 136 valence electrons. The smallest absolute Gasteiger partial charge is 0.253 e. The Hall–Kier alpha value is -1.00. The number of methoxy groups -OCH3 is 1. The quantitative estimate of drug-likeness (QED) is 0.616. The van der Waals surface area contributed by atoms with Gasteiger partial charge in [0.05, 0.1) is 6.61 Å². The lowest BCUT2D eigenvalue weighted by atomic mass is 10.2. The van der Waals surface area contributed by atoms with Crippen molar-refractivity contribution in [2.75, 3.05) is 39.9 Å². The third-order valence-electron chi connectivity index (χ3n) is 3.87. The predicted octanol–water partition coefficient (Wildman–Crippen LogP) is 0.562. The second kappa shape index (κ2) is 8.91. The van der Waals surface area contributed by atoms with Crippen LogP contribution in [-0.2, 0) is 19.6 Å². The molecule has 2 heterocycles. The van der Waals surface area contributed by atoms with Crippen molar-refractivity contribution in [3.8, 4) is 0 Å². The highest BCUT2D eigenvalue weighted by Gasteiger charge is 2.39.